The number of aromatic nitrogens is 4. The molecule has 3 rings (SSSR count). The summed E-state index contributed by atoms with van der Waals surface area (Å²) in [6.45, 7) is 0. The van der Waals surface area contributed by atoms with Crippen molar-refractivity contribution in [3.8, 4) is 0 Å². The third-order valence-corrected chi connectivity index (χ3v) is 4.38. The lowest BCUT2D eigenvalue weighted by molar-refractivity contribution is -0.130. The molecule has 0 bridgehead atoms. The van der Waals surface area contributed by atoms with Gasteiger partial charge in [0, 0.05) is 10.0 Å². The van der Waals surface area contributed by atoms with Crippen LogP contribution in [0.2, 0.25) is 15.1 Å². The lowest BCUT2D eigenvalue weighted by Crippen LogP contribution is -2.34. The first-order chi connectivity index (χ1) is 12.8. The number of halogens is 4. The summed E-state index contributed by atoms with van der Waals surface area (Å²) >= 11 is 17.5. The molecule has 0 aliphatic heterocycles. The quantitative estimate of drug-likeness (QED) is 0.576. The number of aromatic amines is 1. The number of aliphatic hydroxyl groups is 1. The fourth-order valence-corrected chi connectivity index (χ4v) is 3.05. The number of H-pyrrole nitrogens is 1. The van der Waals surface area contributed by atoms with E-state index in [1.54, 1.807) is 0 Å². The maximum absolute atomic E-state index is 13.8. The molecule has 2 aromatic carbocycles. The van der Waals surface area contributed by atoms with Crippen molar-refractivity contribution in [3.05, 3.63) is 74.2 Å². The Morgan fingerprint density at radius 1 is 1.11 bits per heavy atom. The van der Waals surface area contributed by atoms with Crippen molar-refractivity contribution in [1.82, 2.24) is 25.9 Å². The van der Waals surface area contributed by atoms with Crippen LogP contribution < -0.4 is 5.32 Å². The van der Waals surface area contributed by atoms with Crippen LogP contribution >= 0.6 is 34.8 Å². The van der Waals surface area contributed by atoms with E-state index in [1.807, 2.05) is 0 Å². The number of rotatable bonds is 5. The Balaban J connectivity index is 1.89. The van der Waals surface area contributed by atoms with Crippen LogP contribution in [0.25, 0.3) is 0 Å². The van der Waals surface area contributed by atoms with E-state index in [4.69, 9.17) is 34.8 Å². The van der Waals surface area contributed by atoms with Crippen molar-refractivity contribution < 1.29 is 14.3 Å². The van der Waals surface area contributed by atoms with Gasteiger partial charge in [-0.2, -0.15) is 5.21 Å². The van der Waals surface area contributed by atoms with E-state index >= 15 is 0 Å². The normalized spacial score (nSPS) is 13.2. The van der Waals surface area contributed by atoms with Gasteiger partial charge in [0.05, 0.1) is 5.02 Å². The minimum absolute atomic E-state index is 0.0707. The Morgan fingerprint density at radius 3 is 2.41 bits per heavy atom. The standard InChI is InChI=1S/C16H11Cl3FN5O2/c17-9-3-8(4-10(18)6-9)14(26)16(27)21-13(15-22-24-25-23-15)7-1-2-11(19)12(20)5-7/h1-6,13-14,26H,(H,21,27)(H,22,23,24,25). The van der Waals surface area contributed by atoms with Gasteiger partial charge < -0.3 is 10.4 Å². The van der Waals surface area contributed by atoms with E-state index in [0.717, 1.165) is 6.07 Å². The second-order valence-electron chi connectivity index (χ2n) is 5.49. The second-order valence-corrected chi connectivity index (χ2v) is 6.77. The highest BCUT2D eigenvalue weighted by Crippen LogP contribution is 2.26. The number of benzene rings is 2. The number of tetrazole rings is 1. The predicted molar refractivity (Wildman–Crippen MR) is 97.0 cm³/mol. The van der Waals surface area contributed by atoms with Gasteiger partial charge in [-0.15, -0.1) is 10.2 Å². The van der Waals surface area contributed by atoms with Gasteiger partial charge in [0.25, 0.3) is 5.91 Å². The van der Waals surface area contributed by atoms with E-state index in [0.29, 0.717) is 5.56 Å². The first-order valence-electron chi connectivity index (χ1n) is 7.48. The maximum atomic E-state index is 13.8. The molecule has 0 saturated heterocycles. The summed E-state index contributed by atoms with van der Waals surface area (Å²) in [5.41, 5.74) is 0.502. The Morgan fingerprint density at radius 2 is 1.81 bits per heavy atom. The topological polar surface area (TPSA) is 104 Å². The van der Waals surface area contributed by atoms with E-state index in [2.05, 4.69) is 25.9 Å². The van der Waals surface area contributed by atoms with Crippen LogP contribution in [0, 0.1) is 5.82 Å². The maximum Gasteiger partial charge on any atom is 0.254 e. The molecule has 2 unspecified atom stereocenters. The molecular formula is C16H11Cl3FN5O2. The molecule has 0 spiro atoms. The molecule has 0 saturated carbocycles. The summed E-state index contributed by atoms with van der Waals surface area (Å²) in [6.07, 6.45) is -1.58. The average Bonchev–Trinajstić information content (AvgIpc) is 3.14. The van der Waals surface area contributed by atoms with Gasteiger partial charge in [-0.1, -0.05) is 46.1 Å². The highest BCUT2D eigenvalue weighted by molar-refractivity contribution is 6.34. The van der Waals surface area contributed by atoms with Gasteiger partial charge in [-0.3, -0.25) is 4.79 Å². The molecule has 0 fully saturated rings. The molecular weight excluding hydrogens is 420 g/mol. The number of nitrogens with one attached hydrogen (secondary N) is 2. The number of nitrogens with zero attached hydrogens (tertiary/aromatic N) is 3. The van der Waals surface area contributed by atoms with Crippen LogP contribution in [0.5, 0.6) is 0 Å². The first-order valence-corrected chi connectivity index (χ1v) is 8.61. The zero-order chi connectivity index (χ0) is 19.6. The second kappa shape index (κ2) is 8.18. The molecule has 3 aromatic rings. The van der Waals surface area contributed by atoms with Crippen LogP contribution in [0.15, 0.2) is 36.4 Å². The Bertz CT molecular complexity index is 950. The Hall–Kier alpha value is -2.26. The summed E-state index contributed by atoms with van der Waals surface area (Å²) in [7, 11) is 0. The zero-order valence-corrected chi connectivity index (χ0v) is 15.6. The summed E-state index contributed by atoms with van der Waals surface area (Å²) in [4.78, 5) is 12.5. The van der Waals surface area contributed by atoms with Gasteiger partial charge in [0.15, 0.2) is 6.10 Å². The van der Waals surface area contributed by atoms with Gasteiger partial charge in [-0.25, -0.2) is 4.39 Å². The molecule has 1 amide bonds. The Labute approximate surface area is 167 Å². The smallest absolute Gasteiger partial charge is 0.254 e. The van der Waals surface area contributed by atoms with Crippen LogP contribution in [0.1, 0.15) is 29.1 Å². The van der Waals surface area contributed by atoms with E-state index in [9.17, 15) is 14.3 Å². The minimum atomic E-state index is -1.58. The van der Waals surface area contributed by atoms with Crippen molar-refractivity contribution in [3.63, 3.8) is 0 Å². The lowest BCUT2D eigenvalue weighted by atomic mass is 10.0. The fourth-order valence-electron chi connectivity index (χ4n) is 2.39. The van der Waals surface area contributed by atoms with Crippen molar-refractivity contribution in [1.29, 1.82) is 0 Å². The third kappa shape index (κ3) is 4.54. The van der Waals surface area contributed by atoms with Crippen molar-refractivity contribution in [2.45, 2.75) is 12.1 Å². The van der Waals surface area contributed by atoms with Gasteiger partial charge in [-0.05, 0) is 41.5 Å². The van der Waals surface area contributed by atoms with Crippen LogP contribution in [-0.4, -0.2) is 31.6 Å². The van der Waals surface area contributed by atoms with E-state index in [-0.39, 0.29) is 26.5 Å². The first kappa shape index (κ1) is 19.5. The molecule has 140 valence electrons. The van der Waals surface area contributed by atoms with Gasteiger partial charge in [0.2, 0.25) is 5.82 Å². The molecule has 11 heteroatoms. The number of hydrogen-bond acceptors (Lipinski definition) is 5. The average molecular weight is 431 g/mol. The predicted octanol–water partition coefficient (Wildman–Crippen LogP) is 3.24. The molecule has 0 radical (unpaired) electrons. The summed E-state index contributed by atoms with van der Waals surface area (Å²) < 4.78 is 13.8. The third-order valence-electron chi connectivity index (χ3n) is 3.63. The van der Waals surface area contributed by atoms with Crippen LogP contribution in [-0.2, 0) is 4.79 Å². The highest BCUT2D eigenvalue weighted by Gasteiger charge is 2.26. The Kier molecular flexibility index (Phi) is 5.91. The largest absolute Gasteiger partial charge is 0.378 e. The van der Waals surface area contributed by atoms with Crippen molar-refractivity contribution in [2.24, 2.45) is 0 Å². The van der Waals surface area contributed by atoms with Crippen molar-refractivity contribution >= 4 is 40.7 Å². The SMILES string of the molecule is O=C(NC(c1ccc(Cl)c(F)c1)c1nn[nH]n1)C(O)c1cc(Cl)cc(Cl)c1. The molecule has 2 atom stereocenters. The fraction of sp³-hybridized carbons (Fsp3) is 0.125. The molecule has 0 aliphatic carbocycles. The van der Waals surface area contributed by atoms with Gasteiger partial charge in [0.1, 0.15) is 11.9 Å². The summed E-state index contributed by atoms with van der Waals surface area (Å²) in [5.74, 6) is -1.40. The molecule has 3 N–H and O–H groups in total. The monoisotopic (exact) mass is 429 g/mol. The number of carbonyl (C=O) groups excluding carboxylic acids is 1. The number of hydrogen-bond donors (Lipinski definition) is 3. The molecule has 1 heterocycles. The van der Waals surface area contributed by atoms with Crippen LogP contribution in [0.4, 0.5) is 4.39 Å². The van der Waals surface area contributed by atoms with E-state index < -0.39 is 23.9 Å². The van der Waals surface area contributed by atoms with Crippen molar-refractivity contribution in [2.75, 3.05) is 0 Å². The zero-order valence-electron chi connectivity index (χ0n) is 13.3. The lowest BCUT2D eigenvalue weighted by Gasteiger charge is -2.19. The minimum Gasteiger partial charge on any atom is -0.378 e. The highest BCUT2D eigenvalue weighted by atomic mass is 35.5. The number of aliphatic hydroxyl groups excluding tert-OH is 1. The van der Waals surface area contributed by atoms with Crippen LogP contribution in [0.3, 0.4) is 0 Å². The number of amides is 1. The molecule has 0 aliphatic rings. The molecule has 7 nitrogen and oxygen atoms in total. The summed E-state index contributed by atoms with van der Waals surface area (Å²) in [5, 5.41) is 26.7. The van der Waals surface area contributed by atoms with E-state index in [1.165, 1.54) is 30.3 Å². The number of carbonyl (C=O) groups is 1. The summed E-state index contributed by atoms with van der Waals surface area (Å²) in [6, 6.07) is 7.26. The molecule has 1 aromatic heterocycles. The molecule has 27 heavy (non-hydrogen) atoms. The van der Waals surface area contributed by atoms with Gasteiger partial charge >= 0.3 is 0 Å².